The van der Waals surface area contributed by atoms with Crippen LogP contribution >= 0.6 is 0 Å². The number of hydrogen-bond donors (Lipinski definition) is 1. The van der Waals surface area contributed by atoms with Gasteiger partial charge in [0.15, 0.2) is 0 Å². The van der Waals surface area contributed by atoms with Crippen LogP contribution in [0.1, 0.15) is 18.5 Å². The van der Waals surface area contributed by atoms with E-state index in [9.17, 15) is 4.39 Å². The van der Waals surface area contributed by atoms with Crippen LogP contribution in [0.15, 0.2) is 48.8 Å². The van der Waals surface area contributed by atoms with Crippen molar-refractivity contribution in [2.24, 2.45) is 0 Å². The zero-order valence-corrected chi connectivity index (χ0v) is 13.4. The van der Waals surface area contributed by atoms with Crippen LogP contribution in [-0.2, 0) is 6.54 Å². The molecular formula is C19H19FN4. The van der Waals surface area contributed by atoms with Crippen LogP contribution in [0.3, 0.4) is 0 Å². The first-order valence-corrected chi connectivity index (χ1v) is 8.27. The number of rotatable bonds is 4. The average molecular weight is 322 g/mol. The number of likely N-dealkylation sites (tertiary alicyclic amines) is 1. The van der Waals surface area contributed by atoms with Gasteiger partial charge >= 0.3 is 0 Å². The molecule has 4 rings (SSSR count). The van der Waals surface area contributed by atoms with Crippen LogP contribution in [0.5, 0.6) is 0 Å². The quantitative estimate of drug-likeness (QED) is 0.793. The molecule has 0 atom stereocenters. The molecular weight excluding hydrogens is 303 g/mol. The third-order valence-corrected chi connectivity index (χ3v) is 4.51. The smallest absolute Gasteiger partial charge is 0.123 e. The van der Waals surface area contributed by atoms with Crippen molar-refractivity contribution in [3.63, 3.8) is 0 Å². The summed E-state index contributed by atoms with van der Waals surface area (Å²) >= 11 is 0. The Labute approximate surface area is 140 Å². The minimum atomic E-state index is -0.239. The van der Waals surface area contributed by atoms with Gasteiger partial charge in [-0.1, -0.05) is 0 Å². The number of nitrogens with one attached hydrogen (secondary N) is 1. The van der Waals surface area contributed by atoms with Gasteiger partial charge in [0.25, 0.3) is 0 Å². The lowest BCUT2D eigenvalue weighted by Crippen LogP contribution is -2.19. The van der Waals surface area contributed by atoms with Gasteiger partial charge in [0.05, 0.1) is 5.69 Å². The molecule has 122 valence electrons. The van der Waals surface area contributed by atoms with E-state index in [2.05, 4.69) is 20.1 Å². The number of H-pyrrole nitrogens is 1. The van der Waals surface area contributed by atoms with Gasteiger partial charge < -0.3 is 0 Å². The lowest BCUT2D eigenvalue weighted by Gasteiger charge is -2.15. The van der Waals surface area contributed by atoms with E-state index >= 15 is 0 Å². The highest BCUT2D eigenvalue weighted by Crippen LogP contribution is 2.34. The summed E-state index contributed by atoms with van der Waals surface area (Å²) in [5.41, 5.74) is 5.02. The van der Waals surface area contributed by atoms with Crippen LogP contribution in [0.2, 0.25) is 0 Å². The highest BCUT2D eigenvalue weighted by Gasteiger charge is 2.20. The molecule has 0 spiro atoms. The minimum absolute atomic E-state index is 0.239. The van der Waals surface area contributed by atoms with Crippen LogP contribution in [-0.4, -0.2) is 33.2 Å². The molecule has 3 heterocycles. The average Bonchev–Trinajstić information content (AvgIpc) is 3.27. The van der Waals surface area contributed by atoms with E-state index in [4.69, 9.17) is 0 Å². The monoisotopic (exact) mass is 322 g/mol. The van der Waals surface area contributed by atoms with Crippen molar-refractivity contribution in [2.45, 2.75) is 19.4 Å². The maximum atomic E-state index is 13.3. The Morgan fingerprint density at radius 2 is 1.67 bits per heavy atom. The second-order valence-electron chi connectivity index (χ2n) is 6.15. The molecule has 1 N–H and O–H groups in total. The molecule has 1 fully saturated rings. The van der Waals surface area contributed by atoms with Crippen molar-refractivity contribution >= 4 is 0 Å². The predicted octanol–water partition coefficient (Wildman–Crippen LogP) is 3.87. The summed E-state index contributed by atoms with van der Waals surface area (Å²) in [6, 6.07) is 10.5. The third-order valence-electron chi connectivity index (χ3n) is 4.51. The van der Waals surface area contributed by atoms with Gasteiger partial charge in [-0.2, -0.15) is 5.10 Å². The SMILES string of the molecule is Fc1ccc(-c2n[nH]c(CN3CCCC3)c2-c2ccncc2)cc1. The first-order valence-electron chi connectivity index (χ1n) is 8.27. The van der Waals surface area contributed by atoms with Crippen molar-refractivity contribution in [1.82, 2.24) is 20.1 Å². The van der Waals surface area contributed by atoms with Crippen LogP contribution in [0.25, 0.3) is 22.4 Å². The Balaban J connectivity index is 1.78. The van der Waals surface area contributed by atoms with E-state index in [0.717, 1.165) is 47.7 Å². The fourth-order valence-electron chi connectivity index (χ4n) is 3.30. The Bertz CT molecular complexity index is 805. The molecule has 5 heteroatoms. The van der Waals surface area contributed by atoms with Crippen molar-refractivity contribution in [2.75, 3.05) is 13.1 Å². The van der Waals surface area contributed by atoms with Gasteiger partial charge in [0.2, 0.25) is 0 Å². The fraction of sp³-hybridized carbons (Fsp3) is 0.263. The molecule has 24 heavy (non-hydrogen) atoms. The Kier molecular flexibility index (Phi) is 4.09. The maximum absolute atomic E-state index is 13.3. The van der Waals surface area contributed by atoms with Crippen LogP contribution in [0.4, 0.5) is 4.39 Å². The summed E-state index contributed by atoms with van der Waals surface area (Å²) in [7, 11) is 0. The molecule has 3 aromatic rings. The van der Waals surface area contributed by atoms with Gasteiger partial charge in [-0.25, -0.2) is 4.39 Å². The third kappa shape index (κ3) is 2.95. The molecule has 1 aromatic carbocycles. The van der Waals surface area contributed by atoms with Crippen molar-refractivity contribution in [3.8, 4) is 22.4 Å². The summed E-state index contributed by atoms with van der Waals surface area (Å²) in [6.07, 6.45) is 6.08. The summed E-state index contributed by atoms with van der Waals surface area (Å²) < 4.78 is 13.3. The maximum Gasteiger partial charge on any atom is 0.123 e. The van der Waals surface area contributed by atoms with Crippen molar-refractivity contribution < 1.29 is 4.39 Å². The van der Waals surface area contributed by atoms with E-state index in [1.807, 2.05) is 12.1 Å². The predicted molar refractivity (Wildman–Crippen MR) is 91.7 cm³/mol. The minimum Gasteiger partial charge on any atom is -0.298 e. The highest BCUT2D eigenvalue weighted by molar-refractivity contribution is 5.82. The molecule has 0 radical (unpaired) electrons. The number of nitrogens with zero attached hydrogens (tertiary/aromatic N) is 3. The second-order valence-corrected chi connectivity index (χ2v) is 6.15. The van der Waals surface area contributed by atoms with Gasteiger partial charge in [0.1, 0.15) is 11.5 Å². The van der Waals surface area contributed by atoms with Gasteiger partial charge in [-0.3, -0.25) is 15.0 Å². The lowest BCUT2D eigenvalue weighted by molar-refractivity contribution is 0.327. The Hall–Kier alpha value is -2.53. The van der Waals surface area contributed by atoms with Crippen LogP contribution < -0.4 is 0 Å². The number of halogens is 1. The van der Waals surface area contributed by atoms with Crippen molar-refractivity contribution in [3.05, 3.63) is 60.3 Å². The van der Waals surface area contributed by atoms with Crippen molar-refractivity contribution in [1.29, 1.82) is 0 Å². The van der Waals surface area contributed by atoms with Gasteiger partial charge in [-0.15, -0.1) is 0 Å². The molecule has 0 saturated carbocycles. The summed E-state index contributed by atoms with van der Waals surface area (Å²) in [4.78, 5) is 6.55. The molecule has 0 aliphatic carbocycles. The number of pyridine rings is 1. The molecule has 0 unspecified atom stereocenters. The second kappa shape index (κ2) is 6.53. The Morgan fingerprint density at radius 3 is 2.38 bits per heavy atom. The largest absolute Gasteiger partial charge is 0.298 e. The zero-order valence-electron chi connectivity index (χ0n) is 13.4. The molecule has 1 saturated heterocycles. The number of aromatic amines is 1. The van der Waals surface area contributed by atoms with E-state index in [-0.39, 0.29) is 5.82 Å². The number of hydrogen-bond acceptors (Lipinski definition) is 3. The normalized spacial score (nSPS) is 15.0. The molecule has 0 amide bonds. The lowest BCUT2D eigenvalue weighted by atomic mass is 9.99. The number of benzene rings is 1. The highest BCUT2D eigenvalue weighted by atomic mass is 19.1. The molecule has 4 nitrogen and oxygen atoms in total. The van der Waals surface area contributed by atoms with Crippen LogP contribution in [0, 0.1) is 5.82 Å². The molecule has 1 aliphatic heterocycles. The molecule has 1 aliphatic rings. The standard InChI is InChI=1S/C19H19FN4/c20-16-5-3-15(4-6-16)19-18(14-7-9-21-10-8-14)17(22-23-19)13-24-11-1-2-12-24/h3-10H,1-2,11-13H2,(H,22,23). The first kappa shape index (κ1) is 15.0. The summed E-state index contributed by atoms with van der Waals surface area (Å²) in [5, 5.41) is 7.75. The van der Waals surface area contributed by atoms with E-state index < -0.39 is 0 Å². The molecule has 0 bridgehead atoms. The zero-order chi connectivity index (χ0) is 16.4. The topological polar surface area (TPSA) is 44.8 Å². The fourth-order valence-corrected chi connectivity index (χ4v) is 3.30. The Morgan fingerprint density at radius 1 is 0.958 bits per heavy atom. The van der Waals surface area contributed by atoms with E-state index in [1.54, 1.807) is 24.5 Å². The van der Waals surface area contributed by atoms with E-state index in [1.165, 1.54) is 25.0 Å². The summed E-state index contributed by atoms with van der Waals surface area (Å²) in [5.74, 6) is -0.239. The number of aromatic nitrogens is 3. The van der Waals surface area contributed by atoms with E-state index in [0.29, 0.717) is 0 Å². The first-order chi connectivity index (χ1) is 11.8. The van der Waals surface area contributed by atoms with Gasteiger partial charge in [-0.05, 0) is 67.9 Å². The summed E-state index contributed by atoms with van der Waals surface area (Å²) in [6.45, 7) is 3.10. The molecule has 2 aromatic heterocycles. The van der Waals surface area contributed by atoms with Gasteiger partial charge in [0, 0.05) is 30.1 Å².